The topological polar surface area (TPSA) is 54.7 Å². The Balaban J connectivity index is 1.95. The summed E-state index contributed by atoms with van der Waals surface area (Å²) in [5.74, 6) is 0.687. The van der Waals surface area contributed by atoms with Crippen LogP contribution in [0.1, 0.15) is 17.4 Å². The van der Waals surface area contributed by atoms with Crippen LogP contribution in [0.3, 0.4) is 0 Å². The summed E-state index contributed by atoms with van der Waals surface area (Å²) in [6, 6.07) is 14.8. The second-order valence-corrected chi connectivity index (χ2v) is 5.54. The summed E-state index contributed by atoms with van der Waals surface area (Å²) >= 11 is 12.2. The number of rotatable bonds is 3. The molecule has 3 nitrogen and oxygen atoms in total. The number of halogens is 2. The quantitative estimate of drug-likeness (QED) is 0.750. The lowest BCUT2D eigenvalue weighted by molar-refractivity contribution is 0.801. The summed E-state index contributed by atoms with van der Waals surface area (Å²) in [6.07, 6.45) is 1.72. The van der Waals surface area contributed by atoms with Crippen LogP contribution >= 0.6 is 23.2 Å². The molecule has 21 heavy (non-hydrogen) atoms. The van der Waals surface area contributed by atoms with Gasteiger partial charge in [0.2, 0.25) is 0 Å². The number of aromatic amines is 1. The highest BCUT2D eigenvalue weighted by molar-refractivity contribution is 6.35. The maximum absolute atomic E-state index is 6.22. The van der Waals surface area contributed by atoms with Gasteiger partial charge >= 0.3 is 0 Å². The van der Waals surface area contributed by atoms with Crippen molar-refractivity contribution in [2.45, 2.75) is 6.04 Å². The van der Waals surface area contributed by atoms with E-state index >= 15 is 0 Å². The van der Waals surface area contributed by atoms with Gasteiger partial charge in [-0.25, -0.2) is 4.98 Å². The fraction of sp³-hybridized carbons (Fsp3) is 0.0625. The van der Waals surface area contributed by atoms with E-state index in [1.807, 2.05) is 30.3 Å². The average Bonchev–Trinajstić information content (AvgIpc) is 2.99. The molecule has 0 spiro atoms. The number of nitrogens with zero attached hydrogens (tertiary/aromatic N) is 1. The third-order valence-electron chi connectivity index (χ3n) is 3.27. The number of aromatic nitrogens is 2. The van der Waals surface area contributed by atoms with E-state index in [4.69, 9.17) is 28.9 Å². The van der Waals surface area contributed by atoms with Crippen LogP contribution in [0.5, 0.6) is 0 Å². The third-order valence-corrected chi connectivity index (χ3v) is 3.83. The molecule has 106 valence electrons. The van der Waals surface area contributed by atoms with Crippen molar-refractivity contribution < 1.29 is 0 Å². The first kappa shape index (κ1) is 14.1. The zero-order chi connectivity index (χ0) is 14.8. The molecule has 3 rings (SSSR count). The van der Waals surface area contributed by atoms with Gasteiger partial charge in [0.1, 0.15) is 5.82 Å². The summed E-state index contributed by atoms with van der Waals surface area (Å²) < 4.78 is 0. The molecular weight excluding hydrogens is 305 g/mol. The average molecular weight is 318 g/mol. The zero-order valence-electron chi connectivity index (χ0n) is 11.1. The van der Waals surface area contributed by atoms with Crippen molar-refractivity contribution in [3.05, 3.63) is 76.2 Å². The molecule has 0 fully saturated rings. The summed E-state index contributed by atoms with van der Waals surface area (Å²) in [5, 5.41) is 1.24. The fourth-order valence-corrected chi connectivity index (χ4v) is 2.55. The van der Waals surface area contributed by atoms with Crippen LogP contribution in [0.25, 0.3) is 11.3 Å². The van der Waals surface area contributed by atoms with Gasteiger partial charge in [0.25, 0.3) is 0 Å². The highest BCUT2D eigenvalue weighted by Gasteiger charge is 2.14. The first-order valence-corrected chi connectivity index (χ1v) is 7.21. The molecule has 1 atom stereocenters. The molecule has 1 aromatic heterocycles. The predicted molar refractivity (Wildman–Crippen MR) is 86.5 cm³/mol. The van der Waals surface area contributed by atoms with E-state index in [-0.39, 0.29) is 6.04 Å². The Hall–Kier alpha value is -1.81. The molecule has 0 amide bonds. The second-order valence-electron chi connectivity index (χ2n) is 4.69. The van der Waals surface area contributed by atoms with Crippen LogP contribution in [-0.4, -0.2) is 9.97 Å². The summed E-state index contributed by atoms with van der Waals surface area (Å²) in [5.41, 5.74) is 8.82. The fourth-order valence-electron chi connectivity index (χ4n) is 2.15. The van der Waals surface area contributed by atoms with Crippen molar-refractivity contribution in [1.29, 1.82) is 0 Å². The molecule has 0 saturated carbocycles. The number of imidazole rings is 1. The Labute approximate surface area is 132 Å². The van der Waals surface area contributed by atoms with E-state index in [9.17, 15) is 0 Å². The molecule has 5 heteroatoms. The molecule has 2 aromatic carbocycles. The van der Waals surface area contributed by atoms with Crippen LogP contribution < -0.4 is 5.73 Å². The van der Waals surface area contributed by atoms with Gasteiger partial charge in [-0.15, -0.1) is 0 Å². The van der Waals surface area contributed by atoms with Crippen molar-refractivity contribution in [2.24, 2.45) is 5.73 Å². The molecule has 0 bridgehead atoms. The number of H-pyrrole nitrogens is 1. The minimum Gasteiger partial charge on any atom is -0.340 e. The lowest BCUT2D eigenvalue weighted by Gasteiger charge is -2.08. The molecule has 0 aliphatic rings. The van der Waals surface area contributed by atoms with E-state index < -0.39 is 0 Å². The summed E-state index contributed by atoms with van der Waals surface area (Å²) in [7, 11) is 0. The Bertz CT molecular complexity index is 753. The molecule has 3 N–H and O–H groups in total. The Morgan fingerprint density at radius 1 is 1.05 bits per heavy atom. The monoisotopic (exact) mass is 317 g/mol. The van der Waals surface area contributed by atoms with Gasteiger partial charge < -0.3 is 10.7 Å². The first-order valence-electron chi connectivity index (χ1n) is 6.46. The molecule has 1 unspecified atom stereocenters. The second kappa shape index (κ2) is 5.90. The maximum Gasteiger partial charge on any atom is 0.128 e. The van der Waals surface area contributed by atoms with Crippen molar-refractivity contribution in [3.8, 4) is 11.3 Å². The van der Waals surface area contributed by atoms with E-state index in [1.54, 1.807) is 24.4 Å². The Morgan fingerprint density at radius 2 is 1.81 bits per heavy atom. The van der Waals surface area contributed by atoms with Crippen LogP contribution in [0, 0.1) is 0 Å². The number of nitrogens with one attached hydrogen (secondary N) is 1. The Kier molecular flexibility index (Phi) is 3.97. The van der Waals surface area contributed by atoms with Crippen molar-refractivity contribution in [2.75, 3.05) is 0 Å². The zero-order valence-corrected chi connectivity index (χ0v) is 12.6. The van der Waals surface area contributed by atoms with Gasteiger partial charge in [0, 0.05) is 10.6 Å². The molecule has 0 radical (unpaired) electrons. The SMILES string of the molecule is NC(c1ccccc1)c1ncc(-c2cc(Cl)ccc2Cl)[nH]1. The molecular formula is C16H13Cl2N3. The van der Waals surface area contributed by atoms with Crippen LogP contribution in [-0.2, 0) is 0 Å². The van der Waals surface area contributed by atoms with Gasteiger partial charge in [-0.3, -0.25) is 0 Å². The molecule has 0 saturated heterocycles. The van der Waals surface area contributed by atoms with E-state index in [0.717, 1.165) is 16.8 Å². The predicted octanol–water partition coefficient (Wildman–Crippen LogP) is 4.43. The highest BCUT2D eigenvalue weighted by atomic mass is 35.5. The van der Waals surface area contributed by atoms with E-state index in [1.165, 1.54) is 0 Å². The normalized spacial score (nSPS) is 12.3. The molecule has 1 heterocycles. The van der Waals surface area contributed by atoms with Crippen molar-refractivity contribution in [3.63, 3.8) is 0 Å². The number of benzene rings is 2. The lowest BCUT2D eigenvalue weighted by atomic mass is 10.1. The summed E-state index contributed by atoms with van der Waals surface area (Å²) in [6.45, 7) is 0. The molecule has 0 aliphatic carbocycles. The minimum atomic E-state index is -0.307. The van der Waals surface area contributed by atoms with Gasteiger partial charge in [0.05, 0.1) is 23.0 Å². The highest BCUT2D eigenvalue weighted by Crippen LogP contribution is 2.30. The summed E-state index contributed by atoms with van der Waals surface area (Å²) in [4.78, 5) is 7.57. The van der Waals surface area contributed by atoms with Gasteiger partial charge in [0.15, 0.2) is 0 Å². The van der Waals surface area contributed by atoms with Crippen molar-refractivity contribution >= 4 is 23.2 Å². The maximum atomic E-state index is 6.22. The van der Waals surface area contributed by atoms with Crippen LogP contribution in [0.4, 0.5) is 0 Å². The van der Waals surface area contributed by atoms with Gasteiger partial charge in [-0.1, -0.05) is 53.5 Å². The van der Waals surface area contributed by atoms with Gasteiger partial charge in [-0.2, -0.15) is 0 Å². The first-order chi connectivity index (χ1) is 10.1. The molecule has 0 aliphatic heterocycles. The van der Waals surface area contributed by atoms with Crippen molar-refractivity contribution in [1.82, 2.24) is 9.97 Å². The standard InChI is InChI=1S/C16H13Cl2N3/c17-11-6-7-13(18)12(8-11)14-9-20-16(21-14)15(19)10-4-2-1-3-5-10/h1-9,15H,19H2,(H,20,21). The van der Waals surface area contributed by atoms with Crippen LogP contribution in [0.15, 0.2) is 54.7 Å². The van der Waals surface area contributed by atoms with E-state index in [2.05, 4.69) is 9.97 Å². The van der Waals surface area contributed by atoms with E-state index in [0.29, 0.717) is 15.9 Å². The van der Waals surface area contributed by atoms with Gasteiger partial charge in [-0.05, 0) is 23.8 Å². The Morgan fingerprint density at radius 3 is 2.57 bits per heavy atom. The minimum absolute atomic E-state index is 0.307. The third kappa shape index (κ3) is 2.95. The number of hydrogen-bond donors (Lipinski definition) is 2. The number of nitrogens with two attached hydrogens (primary N) is 1. The lowest BCUT2D eigenvalue weighted by Crippen LogP contribution is -2.13. The van der Waals surface area contributed by atoms with Crippen LogP contribution in [0.2, 0.25) is 10.0 Å². The molecule has 3 aromatic rings. The number of hydrogen-bond acceptors (Lipinski definition) is 2. The smallest absolute Gasteiger partial charge is 0.128 e. The largest absolute Gasteiger partial charge is 0.340 e.